The maximum atomic E-state index is 12.4. The van der Waals surface area contributed by atoms with Gasteiger partial charge in [0.05, 0.1) is 12.5 Å². The number of esters is 1. The first-order chi connectivity index (χ1) is 12.3. The van der Waals surface area contributed by atoms with Gasteiger partial charge in [0.2, 0.25) is 0 Å². The number of halogens is 1. The van der Waals surface area contributed by atoms with E-state index in [0.717, 1.165) is 42.4 Å². The molecule has 3 nitrogen and oxygen atoms in total. The third-order valence-electron chi connectivity index (χ3n) is 4.57. The summed E-state index contributed by atoms with van der Waals surface area (Å²) >= 11 is 7.76. The van der Waals surface area contributed by atoms with Crippen LogP contribution in [0.3, 0.4) is 0 Å². The fourth-order valence-corrected chi connectivity index (χ4v) is 4.44. The highest BCUT2D eigenvalue weighted by molar-refractivity contribution is 7.99. The number of carbonyl (C=O) groups excluding carboxylic acids is 1. The number of methoxy groups -OCH3 is 1. The summed E-state index contributed by atoms with van der Waals surface area (Å²) in [7, 11) is 2.43. The minimum atomic E-state index is -0.679. The first-order valence-electron chi connectivity index (χ1n) is 9.07. The normalized spacial score (nSPS) is 13.4. The largest absolute Gasteiger partial charge is 0.469 e. The van der Waals surface area contributed by atoms with E-state index < -0.39 is 5.41 Å². The summed E-state index contributed by atoms with van der Waals surface area (Å²) in [5.74, 6) is 3.00. The third-order valence-corrected chi connectivity index (χ3v) is 6.55. The van der Waals surface area contributed by atoms with Crippen LogP contribution < -0.4 is 5.73 Å². The zero-order valence-corrected chi connectivity index (χ0v) is 18.2. The van der Waals surface area contributed by atoms with Gasteiger partial charge >= 0.3 is 5.97 Å². The molecular weight excluding hydrogens is 365 g/mol. The number of benzene rings is 1. The van der Waals surface area contributed by atoms with Gasteiger partial charge in [0.1, 0.15) is 7.28 Å². The summed E-state index contributed by atoms with van der Waals surface area (Å²) in [4.78, 5) is 12.4. The van der Waals surface area contributed by atoms with Crippen molar-refractivity contribution in [3.63, 3.8) is 0 Å². The van der Waals surface area contributed by atoms with Gasteiger partial charge < -0.3 is 10.5 Å². The molecule has 0 bridgehead atoms. The van der Waals surface area contributed by atoms with Gasteiger partial charge in [-0.2, -0.15) is 0 Å². The second-order valence-corrected chi connectivity index (χ2v) is 8.51. The van der Waals surface area contributed by atoms with Crippen molar-refractivity contribution in [2.75, 3.05) is 12.9 Å². The van der Waals surface area contributed by atoms with E-state index in [0.29, 0.717) is 11.6 Å². The van der Waals surface area contributed by atoms with Gasteiger partial charge in [-0.15, -0.1) is 29.3 Å². The third kappa shape index (κ3) is 6.28. The van der Waals surface area contributed by atoms with Crippen molar-refractivity contribution in [3.05, 3.63) is 46.6 Å². The Hall–Kier alpha value is -1.07. The molecule has 0 saturated heterocycles. The van der Waals surface area contributed by atoms with Crippen LogP contribution in [0.25, 0.3) is 0 Å². The molecule has 0 aliphatic rings. The predicted molar refractivity (Wildman–Crippen MR) is 116 cm³/mol. The van der Waals surface area contributed by atoms with Crippen molar-refractivity contribution in [1.82, 2.24) is 0 Å². The van der Waals surface area contributed by atoms with Crippen molar-refractivity contribution in [2.24, 2.45) is 11.1 Å². The van der Waals surface area contributed by atoms with E-state index >= 15 is 0 Å². The molecule has 0 spiro atoms. The van der Waals surface area contributed by atoms with Crippen LogP contribution in [0.5, 0.6) is 0 Å². The van der Waals surface area contributed by atoms with Crippen molar-refractivity contribution < 1.29 is 9.53 Å². The highest BCUT2D eigenvalue weighted by atomic mass is 35.5. The Labute approximate surface area is 168 Å². The Morgan fingerprint density at radius 1 is 1.46 bits per heavy atom. The standard InChI is InChI=1S/C20H31BClNO2S/c1-6-9-21-11-17(23)13-26-18(20(3,4)19(24)25-5)15-8-7-14(2)16(10-15)12-22/h7-8,10-11,18,21H,6,9,12-13,23H2,1-5H3/b17-11-. The zero-order chi connectivity index (χ0) is 19.7. The van der Waals surface area contributed by atoms with Gasteiger partial charge in [-0.3, -0.25) is 4.79 Å². The quantitative estimate of drug-likeness (QED) is 0.268. The fourth-order valence-electron chi connectivity index (χ4n) is 2.82. The van der Waals surface area contributed by atoms with Crippen LogP contribution in [0.1, 0.15) is 49.1 Å². The molecule has 0 fully saturated rings. The zero-order valence-electron chi connectivity index (χ0n) is 16.6. The molecule has 0 aliphatic heterocycles. The van der Waals surface area contributed by atoms with Gasteiger partial charge in [0.15, 0.2) is 0 Å². The topological polar surface area (TPSA) is 52.3 Å². The Kier molecular flexibility index (Phi) is 9.66. The molecule has 0 radical (unpaired) electrons. The van der Waals surface area contributed by atoms with Crippen molar-refractivity contribution in [1.29, 1.82) is 0 Å². The minimum absolute atomic E-state index is 0.0735. The Morgan fingerprint density at radius 3 is 2.73 bits per heavy atom. The van der Waals surface area contributed by atoms with E-state index in [1.165, 1.54) is 7.11 Å². The molecule has 1 atom stereocenters. The summed E-state index contributed by atoms with van der Waals surface area (Å²) in [5, 5.41) is -0.0735. The first-order valence-corrected chi connectivity index (χ1v) is 10.7. The number of thioether (sulfide) groups is 1. The van der Waals surface area contributed by atoms with E-state index in [2.05, 4.69) is 31.1 Å². The van der Waals surface area contributed by atoms with Crippen molar-refractivity contribution in [3.8, 4) is 0 Å². The Balaban J connectivity index is 3.11. The second kappa shape index (κ2) is 10.9. The molecule has 144 valence electrons. The Bertz CT molecular complexity index is 634. The lowest BCUT2D eigenvalue weighted by atomic mass is 9.73. The molecule has 1 rings (SSSR count). The molecule has 6 heteroatoms. The van der Waals surface area contributed by atoms with Gasteiger partial charge in [-0.05, 0) is 37.5 Å². The Morgan fingerprint density at radius 2 is 2.15 bits per heavy atom. The maximum absolute atomic E-state index is 12.4. The summed E-state index contributed by atoms with van der Waals surface area (Å²) < 4.78 is 5.06. The number of carbonyl (C=O) groups is 1. The summed E-state index contributed by atoms with van der Waals surface area (Å²) in [6.07, 6.45) is 2.29. The molecule has 2 N–H and O–H groups in total. The average Bonchev–Trinajstić information content (AvgIpc) is 2.62. The lowest BCUT2D eigenvalue weighted by Gasteiger charge is -2.32. The van der Waals surface area contributed by atoms with Crippen LogP contribution >= 0.6 is 23.4 Å². The van der Waals surface area contributed by atoms with Crippen LogP contribution in [-0.4, -0.2) is 26.1 Å². The molecular formula is C20H31BClNO2S. The highest BCUT2D eigenvalue weighted by Gasteiger charge is 2.39. The lowest BCUT2D eigenvalue weighted by Crippen LogP contribution is -2.31. The van der Waals surface area contributed by atoms with E-state index in [4.69, 9.17) is 22.1 Å². The monoisotopic (exact) mass is 395 g/mol. The highest BCUT2D eigenvalue weighted by Crippen LogP contribution is 2.45. The van der Waals surface area contributed by atoms with Crippen LogP contribution in [0.2, 0.25) is 6.32 Å². The number of hydrogen-bond donors (Lipinski definition) is 1. The predicted octanol–water partition coefficient (Wildman–Crippen LogP) is 4.77. The smallest absolute Gasteiger partial charge is 0.312 e. The minimum Gasteiger partial charge on any atom is -0.469 e. The molecule has 0 aliphatic carbocycles. The maximum Gasteiger partial charge on any atom is 0.312 e. The number of hydrogen-bond acceptors (Lipinski definition) is 4. The summed E-state index contributed by atoms with van der Waals surface area (Å²) in [5.41, 5.74) is 9.67. The van der Waals surface area contributed by atoms with E-state index in [-0.39, 0.29) is 11.2 Å². The van der Waals surface area contributed by atoms with E-state index in [1.807, 2.05) is 20.8 Å². The molecule has 1 aromatic carbocycles. The van der Waals surface area contributed by atoms with Gasteiger partial charge in [0, 0.05) is 22.6 Å². The number of rotatable bonds is 10. The number of nitrogens with two attached hydrogens (primary N) is 1. The average molecular weight is 396 g/mol. The van der Waals surface area contributed by atoms with Gasteiger partial charge in [-0.25, -0.2) is 0 Å². The van der Waals surface area contributed by atoms with Crippen molar-refractivity contribution in [2.45, 2.75) is 51.6 Å². The molecule has 1 aromatic rings. The van der Waals surface area contributed by atoms with Crippen LogP contribution in [0.4, 0.5) is 0 Å². The van der Waals surface area contributed by atoms with Crippen molar-refractivity contribution >= 4 is 36.6 Å². The van der Waals surface area contributed by atoms with Gasteiger partial charge in [-0.1, -0.05) is 37.9 Å². The van der Waals surface area contributed by atoms with Crippen LogP contribution in [-0.2, 0) is 15.4 Å². The lowest BCUT2D eigenvalue weighted by molar-refractivity contribution is -0.150. The fraction of sp³-hybridized carbons (Fsp3) is 0.550. The summed E-state index contributed by atoms with van der Waals surface area (Å²) in [6.45, 7) is 8.06. The molecule has 26 heavy (non-hydrogen) atoms. The summed E-state index contributed by atoms with van der Waals surface area (Å²) in [6, 6.07) is 6.24. The second-order valence-electron chi connectivity index (χ2n) is 7.15. The molecule has 0 saturated carbocycles. The molecule has 0 aromatic heterocycles. The number of alkyl halides is 1. The molecule has 0 heterocycles. The number of aryl methyl sites for hydroxylation is 1. The van der Waals surface area contributed by atoms with Crippen LogP contribution in [0.15, 0.2) is 29.9 Å². The number of ether oxygens (including phenoxy) is 1. The van der Waals surface area contributed by atoms with Gasteiger partial charge in [0.25, 0.3) is 0 Å². The van der Waals surface area contributed by atoms with E-state index in [1.54, 1.807) is 11.8 Å². The molecule has 0 amide bonds. The van der Waals surface area contributed by atoms with Crippen LogP contribution in [0, 0.1) is 12.3 Å². The first kappa shape index (κ1) is 23.0. The SMILES string of the molecule is CCCB/C=C(\N)CSC(c1ccc(C)c(CCl)c1)C(C)(C)C(=O)OC. The van der Waals surface area contributed by atoms with E-state index in [9.17, 15) is 4.79 Å². The molecule has 1 unspecified atom stereocenters.